The Labute approximate surface area is 130 Å². The summed E-state index contributed by atoms with van der Waals surface area (Å²) in [5, 5.41) is 2.64. The van der Waals surface area contributed by atoms with E-state index in [9.17, 15) is 0 Å². The minimum absolute atomic E-state index is 0.430. The molecule has 21 heavy (non-hydrogen) atoms. The van der Waals surface area contributed by atoms with E-state index in [0.717, 1.165) is 6.42 Å². The van der Waals surface area contributed by atoms with E-state index < -0.39 is 8.07 Å². The van der Waals surface area contributed by atoms with Crippen molar-refractivity contribution in [2.75, 3.05) is 0 Å². The van der Waals surface area contributed by atoms with E-state index in [0.29, 0.717) is 5.54 Å². The van der Waals surface area contributed by atoms with E-state index in [1.54, 1.807) is 0 Å². The number of benzene rings is 2. The average Bonchev–Trinajstić information content (AvgIpc) is 2.45. The molecular weight excluding hydrogens is 268 g/mol. The summed E-state index contributed by atoms with van der Waals surface area (Å²) in [6.07, 6.45) is 3.47. The summed E-state index contributed by atoms with van der Waals surface area (Å²) in [4.78, 5) is 0. The van der Waals surface area contributed by atoms with E-state index in [-0.39, 0.29) is 0 Å². The molecule has 1 atom stereocenters. The van der Waals surface area contributed by atoms with Crippen LogP contribution < -0.4 is 0 Å². The van der Waals surface area contributed by atoms with Crippen molar-refractivity contribution in [3.8, 4) is 11.8 Å². The van der Waals surface area contributed by atoms with Gasteiger partial charge < -0.3 is 0 Å². The molecule has 0 bridgehead atoms. The first-order valence-electron chi connectivity index (χ1n) is 7.99. The Balaban J connectivity index is 2.36. The third-order valence-corrected chi connectivity index (χ3v) is 6.08. The Morgan fingerprint density at radius 3 is 2.38 bits per heavy atom. The molecule has 110 valence electrons. The largest absolute Gasteiger partial charge is 0.103 e. The third-order valence-electron chi connectivity index (χ3n) is 3.87. The van der Waals surface area contributed by atoms with Crippen LogP contribution in [0.15, 0.2) is 42.5 Å². The lowest BCUT2D eigenvalue weighted by molar-refractivity contribution is 0.827. The molecule has 0 spiro atoms. The molecule has 0 nitrogen and oxygen atoms in total. The third kappa shape index (κ3) is 4.22. The van der Waals surface area contributed by atoms with E-state index in [2.05, 4.69) is 80.9 Å². The first-order valence-corrected chi connectivity index (χ1v) is 11.6. The molecular formula is C20H26Si. The molecule has 2 aromatic rings. The Kier molecular flexibility index (Phi) is 5.26. The predicted molar refractivity (Wildman–Crippen MR) is 97.3 cm³/mol. The van der Waals surface area contributed by atoms with E-state index >= 15 is 0 Å². The molecule has 1 unspecified atom stereocenters. The number of hydrogen-bond acceptors (Lipinski definition) is 0. The topological polar surface area (TPSA) is 0 Å². The van der Waals surface area contributed by atoms with Crippen LogP contribution in [0.5, 0.6) is 0 Å². The van der Waals surface area contributed by atoms with Gasteiger partial charge in [0.1, 0.15) is 0 Å². The maximum Gasteiger partial charge on any atom is 0.0668 e. The van der Waals surface area contributed by atoms with Crippen LogP contribution in [0.4, 0.5) is 0 Å². The summed E-state index contributed by atoms with van der Waals surface area (Å²) in [7, 11) is -1.35. The van der Waals surface area contributed by atoms with Gasteiger partial charge in [0.15, 0.2) is 0 Å². The summed E-state index contributed by atoms with van der Waals surface area (Å²) < 4.78 is 0. The van der Waals surface area contributed by atoms with Gasteiger partial charge in [-0.05, 0) is 22.8 Å². The van der Waals surface area contributed by atoms with Gasteiger partial charge in [-0.3, -0.25) is 0 Å². The highest BCUT2D eigenvalue weighted by atomic mass is 28.3. The predicted octanol–water partition coefficient (Wildman–Crippen LogP) is 5.99. The van der Waals surface area contributed by atoms with Gasteiger partial charge in [0.2, 0.25) is 0 Å². The number of fused-ring (bicyclic) bond motifs is 1. The van der Waals surface area contributed by atoms with Crippen molar-refractivity contribution in [2.24, 2.45) is 0 Å². The molecule has 0 aliphatic heterocycles. The minimum atomic E-state index is -1.35. The smallest absolute Gasteiger partial charge is 0.0668 e. The molecule has 0 aliphatic rings. The van der Waals surface area contributed by atoms with Gasteiger partial charge in [-0.1, -0.05) is 81.4 Å². The second-order valence-electron chi connectivity index (χ2n) is 6.83. The van der Waals surface area contributed by atoms with Crippen LogP contribution in [0.25, 0.3) is 10.8 Å². The van der Waals surface area contributed by atoms with E-state index in [4.69, 9.17) is 0 Å². The summed E-state index contributed by atoms with van der Waals surface area (Å²) >= 11 is 0. The summed E-state index contributed by atoms with van der Waals surface area (Å²) in [6.45, 7) is 9.48. The molecule has 0 aliphatic carbocycles. The second kappa shape index (κ2) is 6.96. The standard InChI is InChI=1S/C20H26Si/c1-5-6-7-8-13-20(21(2,3)4)19-15-14-17-11-9-10-12-18(17)16-19/h9-12,14-16,20H,5-7H2,1-4H3. The number of unbranched alkanes of at least 4 members (excludes halogenated alkanes) is 2. The number of rotatable bonds is 4. The summed E-state index contributed by atoms with van der Waals surface area (Å²) in [5.74, 6) is 7.01. The monoisotopic (exact) mass is 294 g/mol. The highest BCUT2D eigenvalue weighted by molar-refractivity contribution is 6.78. The molecule has 0 N–H and O–H groups in total. The molecule has 0 heterocycles. The zero-order valence-electron chi connectivity index (χ0n) is 13.7. The zero-order valence-corrected chi connectivity index (χ0v) is 14.7. The van der Waals surface area contributed by atoms with Crippen molar-refractivity contribution in [2.45, 2.75) is 51.4 Å². The second-order valence-corrected chi connectivity index (χ2v) is 12.1. The Bertz CT molecular complexity index is 653. The molecule has 0 aromatic heterocycles. The normalized spacial score (nSPS) is 12.8. The zero-order chi connectivity index (χ0) is 15.3. The summed E-state index contributed by atoms with van der Waals surface area (Å²) in [5.41, 5.74) is 1.83. The van der Waals surface area contributed by atoms with Crippen molar-refractivity contribution in [3.05, 3.63) is 48.0 Å². The van der Waals surface area contributed by atoms with Gasteiger partial charge in [0.05, 0.1) is 8.07 Å². The molecule has 0 amide bonds. The lowest BCUT2D eigenvalue weighted by atomic mass is 10.0. The van der Waals surface area contributed by atoms with Crippen LogP contribution in [0, 0.1) is 11.8 Å². The SMILES string of the molecule is CCCCC#CC(c1ccc2ccccc2c1)[Si](C)(C)C. The average molecular weight is 295 g/mol. The fourth-order valence-electron chi connectivity index (χ4n) is 2.63. The molecule has 0 saturated heterocycles. The minimum Gasteiger partial charge on any atom is -0.103 e. The lowest BCUT2D eigenvalue weighted by Gasteiger charge is -2.25. The van der Waals surface area contributed by atoms with Crippen LogP contribution in [0.1, 0.15) is 37.3 Å². The van der Waals surface area contributed by atoms with Gasteiger partial charge >= 0.3 is 0 Å². The van der Waals surface area contributed by atoms with Crippen molar-refractivity contribution in [1.82, 2.24) is 0 Å². The van der Waals surface area contributed by atoms with Crippen LogP contribution in [-0.4, -0.2) is 8.07 Å². The first kappa shape index (κ1) is 15.9. The van der Waals surface area contributed by atoms with Crippen LogP contribution in [0.3, 0.4) is 0 Å². The van der Waals surface area contributed by atoms with Crippen molar-refractivity contribution >= 4 is 18.8 Å². The van der Waals surface area contributed by atoms with Crippen LogP contribution in [-0.2, 0) is 0 Å². The maximum absolute atomic E-state index is 3.59. The lowest BCUT2D eigenvalue weighted by Crippen LogP contribution is -2.30. The van der Waals surface area contributed by atoms with Gasteiger partial charge in [0.25, 0.3) is 0 Å². The molecule has 1 heteroatoms. The first-order chi connectivity index (χ1) is 10.0. The molecule has 0 radical (unpaired) electrons. The van der Waals surface area contributed by atoms with Crippen molar-refractivity contribution < 1.29 is 0 Å². The van der Waals surface area contributed by atoms with Crippen LogP contribution >= 0.6 is 0 Å². The van der Waals surface area contributed by atoms with Gasteiger partial charge in [-0.15, -0.1) is 5.92 Å². The van der Waals surface area contributed by atoms with Gasteiger partial charge in [-0.25, -0.2) is 0 Å². The highest BCUT2D eigenvalue weighted by Crippen LogP contribution is 2.29. The van der Waals surface area contributed by atoms with Crippen molar-refractivity contribution in [1.29, 1.82) is 0 Å². The fraction of sp³-hybridized carbons (Fsp3) is 0.400. The molecule has 2 aromatic carbocycles. The van der Waals surface area contributed by atoms with Crippen molar-refractivity contribution in [3.63, 3.8) is 0 Å². The fourth-order valence-corrected chi connectivity index (χ4v) is 4.34. The Hall–Kier alpha value is -1.52. The quantitative estimate of drug-likeness (QED) is 0.369. The molecule has 0 saturated carbocycles. The number of hydrogen-bond donors (Lipinski definition) is 0. The Morgan fingerprint density at radius 2 is 1.71 bits per heavy atom. The molecule has 2 rings (SSSR count). The van der Waals surface area contributed by atoms with Gasteiger partial charge in [0, 0.05) is 12.0 Å². The molecule has 0 fully saturated rings. The Morgan fingerprint density at radius 1 is 1.00 bits per heavy atom. The maximum atomic E-state index is 3.59. The highest BCUT2D eigenvalue weighted by Gasteiger charge is 2.26. The van der Waals surface area contributed by atoms with Gasteiger partial charge in [-0.2, -0.15) is 0 Å². The van der Waals surface area contributed by atoms with E-state index in [1.807, 2.05) is 0 Å². The van der Waals surface area contributed by atoms with E-state index in [1.165, 1.54) is 29.2 Å². The van der Waals surface area contributed by atoms with Crippen LogP contribution in [0.2, 0.25) is 19.6 Å². The summed E-state index contributed by atoms with van der Waals surface area (Å²) in [6, 6.07) is 15.4.